The third-order valence-corrected chi connectivity index (χ3v) is 2.56. The summed E-state index contributed by atoms with van der Waals surface area (Å²) in [6.45, 7) is 4.45. The molecule has 0 bridgehead atoms. The highest BCUT2D eigenvalue weighted by Gasteiger charge is 2.21. The van der Waals surface area contributed by atoms with Gasteiger partial charge < -0.3 is 10.6 Å². The molecule has 5 heteroatoms. The second-order valence-corrected chi connectivity index (χ2v) is 4.46. The first-order valence-corrected chi connectivity index (χ1v) is 5.73. The van der Waals surface area contributed by atoms with E-state index in [1.54, 1.807) is 10.9 Å². The number of nitrogens with zero attached hydrogens (tertiary/aromatic N) is 2. The summed E-state index contributed by atoms with van der Waals surface area (Å²) in [5.74, 6) is 0.756. The Hall–Kier alpha value is -1.36. The van der Waals surface area contributed by atoms with Crippen molar-refractivity contribution in [1.29, 1.82) is 0 Å². The van der Waals surface area contributed by atoms with Crippen LogP contribution in [0.5, 0.6) is 0 Å². The summed E-state index contributed by atoms with van der Waals surface area (Å²) < 4.78 is 1.80. The second kappa shape index (κ2) is 4.65. The molecular formula is C11H18N4O. The van der Waals surface area contributed by atoms with E-state index in [0.717, 1.165) is 5.82 Å². The Bertz CT molecular complexity index is 368. The van der Waals surface area contributed by atoms with E-state index in [9.17, 15) is 4.79 Å². The number of anilines is 1. The normalized spacial score (nSPS) is 15.4. The minimum Gasteiger partial charge on any atom is -0.310 e. The van der Waals surface area contributed by atoms with Crippen LogP contribution in [0.2, 0.25) is 0 Å². The Balaban J connectivity index is 1.86. The van der Waals surface area contributed by atoms with Gasteiger partial charge in [-0.05, 0) is 26.7 Å². The SMILES string of the molecule is CC(C)n1nccc1NC(=O)CNC1CC1. The van der Waals surface area contributed by atoms with E-state index in [1.807, 2.05) is 19.9 Å². The van der Waals surface area contributed by atoms with Crippen LogP contribution in [0, 0.1) is 0 Å². The average molecular weight is 222 g/mol. The quantitative estimate of drug-likeness (QED) is 0.785. The number of nitrogens with one attached hydrogen (secondary N) is 2. The van der Waals surface area contributed by atoms with Crippen molar-refractivity contribution >= 4 is 11.7 Å². The number of rotatable bonds is 5. The highest BCUT2D eigenvalue weighted by atomic mass is 16.2. The fraction of sp³-hybridized carbons (Fsp3) is 0.636. The summed E-state index contributed by atoms with van der Waals surface area (Å²) in [4.78, 5) is 11.6. The van der Waals surface area contributed by atoms with E-state index in [-0.39, 0.29) is 11.9 Å². The van der Waals surface area contributed by atoms with Gasteiger partial charge >= 0.3 is 0 Å². The van der Waals surface area contributed by atoms with Gasteiger partial charge in [0.25, 0.3) is 0 Å². The van der Waals surface area contributed by atoms with E-state index < -0.39 is 0 Å². The summed E-state index contributed by atoms with van der Waals surface area (Å²) in [6.07, 6.45) is 4.08. The predicted octanol–water partition coefficient (Wildman–Crippen LogP) is 1.15. The number of carbonyl (C=O) groups excluding carboxylic acids is 1. The molecule has 0 spiro atoms. The lowest BCUT2D eigenvalue weighted by Gasteiger charge is -2.11. The van der Waals surface area contributed by atoms with Crippen LogP contribution in [-0.2, 0) is 4.79 Å². The van der Waals surface area contributed by atoms with Gasteiger partial charge in [0.15, 0.2) is 0 Å². The summed E-state index contributed by atoms with van der Waals surface area (Å²) in [5.41, 5.74) is 0. The van der Waals surface area contributed by atoms with Crippen LogP contribution in [0.4, 0.5) is 5.82 Å². The number of carbonyl (C=O) groups is 1. The predicted molar refractivity (Wildman–Crippen MR) is 62.3 cm³/mol. The van der Waals surface area contributed by atoms with E-state index in [1.165, 1.54) is 12.8 Å². The minimum absolute atomic E-state index is 0.00528. The van der Waals surface area contributed by atoms with E-state index in [2.05, 4.69) is 15.7 Å². The topological polar surface area (TPSA) is 59.0 Å². The van der Waals surface area contributed by atoms with Gasteiger partial charge in [0, 0.05) is 18.2 Å². The van der Waals surface area contributed by atoms with Gasteiger partial charge in [0.1, 0.15) is 5.82 Å². The van der Waals surface area contributed by atoms with Crippen molar-refractivity contribution in [3.05, 3.63) is 12.3 Å². The maximum Gasteiger partial charge on any atom is 0.239 e. The highest BCUT2D eigenvalue weighted by molar-refractivity contribution is 5.91. The Labute approximate surface area is 95.2 Å². The monoisotopic (exact) mass is 222 g/mol. The first kappa shape index (κ1) is 11.1. The minimum atomic E-state index is -0.00528. The molecule has 1 saturated carbocycles. The molecule has 0 aliphatic heterocycles. The molecular weight excluding hydrogens is 204 g/mol. The molecule has 0 unspecified atom stereocenters. The first-order chi connectivity index (χ1) is 7.66. The number of aromatic nitrogens is 2. The van der Waals surface area contributed by atoms with Gasteiger partial charge in [0.05, 0.1) is 12.7 Å². The maximum atomic E-state index is 11.6. The van der Waals surface area contributed by atoms with Crippen molar-refractivity contribution in [2.45, 2.75) is 38.8 Å². The van der Waals surface area contributed by atoms with Crippen LogP contribution in [0.25, 0.3) is 0 Å². The number of amides is 1. The fourth-order valence-electron chi connectivity index (χ4n) is 1.54. The third-order valence-electron chi connectivity index (χ3n) is 2.56. The Morgan fingerprint density at radius 1 is 1.62 bits per heavy atom. The fourth-order valence-corrected chi connectivity index (χ4v) is 1.54. The summed E-state index contributed by atoms with van der Waals surface area (Å²) in [6, 6.07) is 2.62. The van der Waals surface area contributed by atoms with E-state index in [4.69, 9.17) is 0 Å². The van der Waals surface area contributed by atoms with Crippen molar-refractivity contribution < 1.29 is 4.79 Å². The van der Waals surface area contributed by atoms with Crippen LogP contribution >= 0.6 is 0 Å². The van der Waals surface area contributed by atoms with E-state index >= 15 is 0 Å². The van der Waals surface area contributed by atoms with E-state index in [0.29, 0.717) is 12.6 Å². The lowest BCUT2D eigenvalue weighted by atomic mass is 10.4. The van der Waals surface area contributed by atoms with Crippen molar-refractivity contribution in [2.75, 3.05) is 11.9 Å². The molecule has 88 valence electrons. The molecule has 0 atom stereocenters. The summed E-state index contributed by atoms with van der Waals surface area (Å²) >= 11 is 0. The van der Waals surface area contributed by atoms with Crippen LogP contribution in [0.1, 0.15) is 32.7 Å². The zero-order valence-corrected chi connectivity index (χ0v) is 9.73. The molecule has 1 amide bonds. The zero-order chi connectivity index (χ0) is 11.5. The molecule has 1 aromatic rings. The van der Waals surface area contributed by atoms with Crippen LogP contribution in [0.3, 0.4) is 0 Å². The molecule has 16 heavy (non-hydrogen) atoms. The second-order valence-electron chi connectivity index (χ2n) is 4.46. The average Bonchev–Trinajstić information content (AvgIpc) is 2.95. The van der Waals surface area contributed by atoms with Gasteiger partial charge in [-0.25, -0.2) is 4.68 Å². The summed E-state index contributed by atoms with van der Waals surface area (Å²) in [5, 5.41) is 10.2. The van der Waals surface area contributed by atoms with Crippen molar-refractivity contribution in [2.24, 2.45) is 0 Å². The zero-order valence-electron chi connectivity index (χ0n) is 9.73. The van der Waals surface area contributed by atoms with Crippen LogP contribution < -0.4 is 10.6 Å². The maximum absolute atomic E-state index is 11.6. The van der Waals surface area contributed by atoms with Gasteiger partial charge in [-0.3, -0.25) is 4.79 Å². The molecule has 0 saturated heterocycles. The lowest BCUT2D eigenvalue weighted by molar-refractivity contribution is -0.115. The van der Waals surface area contributed by atoms with Crippen molar-refractivity contribution in [1.82, 2.24) is 15.1 Å². The number of hydrogen-bond donors (Lipinski definition) is 2. The van der Waals surface area contributed by atoms with Crippen molar-refractivity contribution in [3.8, 4) is 0 Å². The summed E-state index contributed by atoms with van der Waals surface area (Å²) in [7, 11) is 0. The molecule has 1 fully saturated rings. The molecule has 2 N–H and O–H groups in total. The molecule has 1 aliphatic carbocycles. The smallest absolute Gasteiger partial charge is 0.239 e. The Kier molecular flexibility index (Phi) is 3.24. The highest BCUT2D eigenvalue weighted by Crippen LogP contribution is 2.18. The number of hydrogen-bond acceptors (Lipinski definition) is 3. The first-order valence-electron chi connectivity index (χ1n) is 5.73. The third kappa shape index (κ3) is 2.82. The molecule has 0 aromatic carbocycles. The molecule has 1 heterocycles. The molecule has 2 rings (SSSR count). The van der Waals surface area contributed by atoms with Gasteiger partial charge in [0.2, 0.25) is 5.91 Å². The lowest BCUT2D eigenvalue weighted by Crippen LogP contribution is -2.30. The van der Waals surface area contributed by atoms with Crippen LogP contribution in [-0.4, -0.2) is 28.3 Å². The van der Waals surface area contributed by atoms with Crippen LogP contribution in [0.15, 0.2) is 12.3 Å². The largest absolute Gasteiger partial charge is 0.310 e. The Morgan fingerprint density at radius 2 is 2.38 bits per heavy atom. The van der Waals surface area contributed by atoms with Gasteiger partial charge in [-0.15, -0.1) is 0 Å². The standard InChI is InChI=1S/C11H18N4O/c1-8(2)15-10(5-6-13-15)14-11(16)7-12-9-3-4-9/h5-6,8-9,12H,3-4,7H2,1-2H3,(H,14,16). The van der Waals surface area contributed by atoms with Crippen molar-refractivity contribution in [3.63, 3.8) is 0 Å². The molecule has 1 aromatic heterocycles. The molecule has 0 radical (unpaired) electrons. The molecule has 1 aliphatic rings. The van der Waals surface area contributed by atoms with Gasteiger partial charge in [-0.1, -0.05) is 0 Å². The van der Waals surface area contributed by atoms with Gasteiger partial charge in [-0.2, -0.15) is 5.10 Å². The Morgan fingerprint density at radius 3 is 3.00 bits per heavy atom. The molecule has 5 nitrogen and oxygen atoms in total.